The van der Waals surface area contributed by atoms with Gasteiger partial charge in [-0.3, -0.25) is 4.79 Å². The maximum atomic E-state index is 10.8. The highest BCUT2D eigenvalue weighted by atomic mass is 32.2. The first-order valence-corrected chi connectivity index (χ1v) is 7.49. The molecule has 0 bridgehead atoms. The van der Waals surface area contributed by atoms with Gasteiger partial charge in [-0.25, -0.2) is 4.68 Å². The Morgan fingerprint density at radius 1 is 1.29 bits per heavy atom. The molecule has 0 unspecified atom stereocenters. The van der Waals surface area contributed by atoms with E-state index >= 15 is 0 Å². The number of nitrogens with zero attached hydrogens (tertiary/aromatic N) is 2. The third kappa shape index (κ3) is 4.09. The number of rotatable bonds is 6. The molecule has 2 aromatic rings. The number of hydrogen-bond acceptors (Lipinski definition) is 4. The van der Waals surface area contributed by atoms with E-state index in [0.29, 0.717) is 6.61 Å². The zero-order valence-electron chi connectivity index (χ0n) is 12.3. The number of hydrogen-bond donors (Lipinski definition) is 1. The standard InChI is InChI=1S/C15H18N2O3S/c1-10-4-11(2)6-13(5-10)17-14(21-9-15(18)19)7-12(16-17)8-20-3/h4-7H,8-9H2,1-3H3,(H,18,19). The molecule has 1 N–H and O–H groups in total. The van der Waals surface area contributed by atoms with Crippen LogP contribution in [0.25, 0.3) is 5.69 Å². The second-order valence-corrected chi connectivity index (χ2v) is 5.84. The van der Waals surface area contributed by atoms with Crippen molar-refractivity contribution >= 4 is 17.7 Å². The molecule has 0 aliphatic carbocycles. The molecule has 0 atom stereocenters. The van der Waals surface area contributed by atoms with E-state index in [4.69, 9.17) is 9.84 Å². The molecule has 5 nitrogen and oxygen atoms in total. The molecule has 1 aromatic carbocycles. The van der Waals surface area contributed by atoms with Crippen molar-refractivity contribution in [3.8, 4) is 5.69 Å². The van der Waals surface area contributed by atoms with E-state index in [9.17, 15) is 4.79 Å². The van der Waals surface area contributed by atoms with Crippen LogP contribution >= 0.6 is 11.8 Å². The molecule has 0 aliphatic heterocycles. The number of aliphatic carboxylic acids is 1. The Bertz CT molecular complexity index is 632. The van der Waals surface area contributed by atoms with E-state index in [1.54, 1.807) is 11.8 Å². The van der Waals surface area contributed by atoms with E-state index in [2.05, 4.69) is 11.2 Å². The minimum Gasteiger partial charge on any atom is -0.481 e. The molecular weight excluding hydrogens is 288 g/mol. The van der Waals surface area contributed by atoms with Gasteiger partial charge in [-0.05, 0) is 43.2 Å². The molecule has 0 aliphatic rings. The summed E-state index contributed by atoms with van der Waals surface area (Å²) < 4.78 is 6.88. The molecule has 2 rings (SSSR count). The van der Waals surface area contributed by atoms with Crippen molar-refractivity contribution in [2.45, 2.75) is 25.5 Å². The van der Waals surface area contributed by atoms with E-state index in [1.807, 2.05) is 32.0 Å². The van der Waals surface area contributed by atoms with Gasteiger partial charge in [-0.1, -0.05) is 17.8 Å². The maximum Gasteiger partial charge on any atom is 0.313 e. The van der Waals surface area contributed by atoms with Gasteiger partial charge in [0.05, 0.1) is 23.7 Å². The Labute approximate surface area is 127 Å². The molecule has 112 valence electrons. The zero-order chi connectivity index (χ0) is 15.4. The summed E-state index contributed by atoms with van der Waals surface area (Å²) in [6, 6.07) is 8.02. The molecule has 0 saturated carbocycles. The Balaban J connectivity index is 2.41. The van der Waals surface area contributed by atoms with Crippen LogP contribution in [0.1, 0.15) is 16.8 Å². The summed E-state index contributed by atoms with van der Waals surface area (Å²) in [7, 11) is 1.61. The highest BCUT2D eigenvalue weighted by Crippen LogP contribution is 2.24. The average Bonchev–Trinajstić information content (AvgIpc) is 2.79. The third-order valence-electron chi connectivity index (χ3n) is 2.81. The molecule has 0 amide bonds. The number of methoxy groups -OCH3 is 1. The first-order valence-electron chi connectivity index (χ1n) is 6.50. The van der Waals surface area contributed by atoms with Crippen LogP contribution in [-0.4, -0.2) is 33.7 Å². The van der Waals surface area contributed by atoms with Crippen LogP contribution in [0.15, 0.2) is 29.3 Å². The summed E-state index contributed by atoms with van der Waals surface area (Å²) in [6.07, 6.45) is 0. The quantitative estimate of drug-likeness (QED) is 0.831. The van der Waals surface area contributed by atoms with Crippen molar-refractivity contribution in [1.82, 2.24) is 9.78 Å². The average molecular weight is 306 g/mol. The fourth-order valence-electron chi connectivity index (χ4n) is 2.13. The molecule has 1 aromatic heterocycles. The lowest BCUT2D eigenvalue weighted by molar-refractivity contribution is -0.133. The molecule has 0 spiro atoms. The molecule has 21 heavy (non-hydrogen) atoms. The molecule has 0 saturated heterocycles. The van der Waals surface area contributed by atoms with Crippen molar-refractivity contribution in [1.29, 1.82) is 0 Å². The lowest BCUT2D eigenvalue weighted by Crippen LogP contribution is -2.03. The zero-order valence-corrected chi connectivity index (χ0v) is 13.1. The lowest BCUT2D eigenvalue weighted by atomic mass is 10.1. The number of aromatic nitrogens is 2. The predicted molar refractivity (Wildman–Crippen MR) is 82.1 cm³/mol. The highest BCUT2D eigenvalue weighted by molar-refractivity contribution is 7.99. The van der Waals surface area contributed by atoms with Crippen LogP contribution < -0.4 is 0 Å². The van der Waals surface area contributed by atoms with Crippen molar-refractivity contribution in [2.24, 2.45) is 0 Å². The van der Waals surface area contributed by atoms with Crippen LogP contribution in [0.5, 0.6) is 0 Å². The number of carbonyl (C=O) groups is 1. The van der Waals surface area contributed by atoms with Crippen LogP contribution in [-0.2, 0) is 16.1 Å². The van der Waals surface area contributed by atoms with Gasteiger partial charge in [-0.2, -0.15) is 5.10 Å². The molecule has 0 radical (unpaired) electrons. The van der Waals surface area contributed by atoms with E-state index in [1.165, 1.54) is 11.8 Å². The van der Waals surface area contributed by atoms with Crippen LogP contribution in [0.4, 0.5) is 0 Å². The summed E-state index contributed by atoms with van der Waals surface area (Å²) in [5.41, 5.74) is 4.00. The van der Waals surface area contributed by atoms with Gasteiger partial charge >= 0.3 is 5.97 Å². The van der Waals surface area contributed by atoms with Gasteiger partial charge in [0.1, 0.15) is 5.03 Å². The number of carboxylic acids is 1. The van der Waals surface area contributed by atoms with E-state index in [0.717, 1.165) is 27.5 Å². The smallest absolute Gasteiger partial charge is 0.313 e. The number of benzene rings is 1. The monoisotopic (exact) mass is 306 g/mol. The Morgan fingerprint density at radius 3 is 2.52 bits per heavy atom. The minimum atomic E-state index is -0.846. The Morgan fingerprint density at radius 2 is 1.95 bits per heavy atom. The molecule has 0 fully saturated rings. The van der Waals surface area contributed by atoms with Gasteiger partial charge in [0.25, 0.3) is 0 Å². The van der Waals surface area contributed by atoms with Crippen LogP contribution in [0, 0.1) is 13.8 Å². The van der Waals surface area contributed by atoms with Crippen LogP contribution in [0.2, 0.25) is 0 Å². The van der Waals surface area contributed by atoms with Gasteiger partial charge in [0.15, 0.2) is 0 Å². The fourth-order valence-corrected chi connectivity index (χ4v) is 2.88. The Kier molecular flexibility index (Phi) is 5.03. The lowest BCUT2D eigenvalue weighted by Gasteiger charge is -2.08. The van der Waals surface area contributed by atoms with Crippen LogP contribution in [0.3, 0.4) is 0 Å². The summed E-state index contributed by atoms with van der Waals surface area (Å²) in [6.45, 7) is 4.46. The van der Waals surface area contributed by atoms with Gasteiger partial charge in [0, 0.05) is 7.11 Å². The van der Waals surface area contributed by atoms with Crippen molar-refractivity contribution in [2.75, 3.05) is 12.9 Å². The predicted octanol–water partition coefficient (Wildman–Crippen LogP) is 2.81. The topological polar surface area (TPSA) is 64.3 Å². The van der Waals surface area contributed by atoms with E-state index in [-0.39, 0.29) is 5.75 Å². The number of carboxylic acid groups (broad SMARTS) is 1. The summed E-state index contributed by atoms with van der Waals surface area (Å²) in [5.74, 6) is -0.843. The minimum absolute atomic E-state index is 0.00289. The van der Waals surface area contributed by atoms with Gasteiger partial charge in [-0.15, -0.1) is 0 Å². The van der Waals surface area contributed by atoms with Crippen molar-refractivity contribution < 1.29 is 14.6 Å². The van der Waals surface area contributed by atoms with Crippen molar-refractivity contribution in [3.05, 3.63) is 41.1 Å². The number of ether oxygens (including phenoxy) is 1. The van der Waals surface area contributed by atoms with E-state index < -0.39 is 5.97 Å². The Hall–Kier alpha value is -1.79. The van der Waals surface area contributed by atoms with Gasteiger partial charge < -0.3 is 9.84 Å². The maximum absolute atomic E-state index is 10.8. The number of aryl methyl sites for hydroxylation is 2. The summed E-state index contributed by atoms with van der Waals surface area (Å²) in [5, 5.41) is 14.2. The molecule has 1 heterocycles. The highest BCUT2D eigenvalue weighted by Gasteiger charge is 2.12. The molecular formula is C15H18N2O3S. The number of thioether (sulfide) groups is 1. The largest absolute Gasteiger partial charge is 0.481 e. The fraction of sp³-hybridized carbons (Fsp3) is 0.333. The molecule has 6 heteroatoms. The first kappa shape index (κ1) is 15.6. The normalized spacial score (nSPS) is 10.8. The first-order chi connectivity index (χ1) is 9.99. The second kappa shape index (κ2) is 6.78. The SMILES string of the molecule is COCc1cc(SCC(=O)O)n(-c2cc(C)cc(C)c2)n1. The second-order valence-electron chi connectivity index (χ2n) is 4.85. The third-order valence-corrected chi connectivity index (χ3v) is 3.79. The van der Waals surface area contributed by atoms with Crippen molar-refractivity contribution in [3.63, 3.8) is 0 Å². The summed E-state index contributed by atoms with van der Waals surface area (Å²) >= 11 is 1.25. The summed E-state index contributed by atoms with van der Waals surface area (Å²) in [4.78, 5) is 10.8. The van der Waals surface area contributed by atoms with Gasteiger partial charge in [0.2, 0.25) is 0 Å².